The molecule has 0 aliphatic carbocycles. The van der Waals surface area contributed by atoms with E-state index >= 15 is 0 Å². The molecule has 0 saturated carbocycles. The second-order valence-electron chi connectivity index (χ2n) is 6.42. The largest absolute Gasteiger partial charge is 0.391 e. The first-order chi connectivity index (χ1) is 10.3. The minimum absolute atomic E-state index is 0.182. The van der Waals surface area contributed by atoms with E-state index in [2.05, 4.69) is 10.5 Å². The third-order valence-electron chi connectivity index (χ3n) is 3.59. The van der Waals surface area contributed by atoms with Gasteiger partial charge >= 0.3 is 0 Å². The Hall–Kier alpha value is -2.14. The Balaban J connectivity index is 2.19. The van der Waals surface area contributed by atoms with Crippen molar-refractivity contribution in [3.8, 4) is 11.3 Å². The monoisotopic (exact) mass is 302 g/mol. The van der Waals surface area contributed by atoms with Gasteiger partial charge in [-0.05, 0) is 12.3 Å². The number of aryl methyl sites for hydroxylation is 1. The Kier molecular flexibility index (Phi) is 4.66. The van der Waals surface area contributed by atoms with Crippen molar-refractivity contribution < 1.29 is 14.4 Å². The topological polar surface area (TPSA) is 75.4 Å². The van der Waals surface area contributed by atoms with Crippen LogP contribution in [0.5, 0.6) is 0 Å². The van der Waals surface area contributed by atoms with Crippen molar-refractivity contribution in [2.45, 2.75) is 33.8 Å². The summed E-state index contributed by atoms with van der Waals surface area (Å²) in [6, 6.07) is 9.40. The Labute approximate surface area is 130 Å². The highest BCUT2D eigenvalue weighted by Crippen LogP contribution is 2.25. The van der Waals surface area contributed by atoms with E-state index in [0.29, 0.717) is 17.0 Å². The molecule has 1 aromatic heterocycles. The average molecular weight is 302 g/mol. The Bertz CT molecular complexity index is 642. The van der Waals surface area contributed by atoms with E-state index in [4.69, 9.17) is 4.52 Å². The Morgan fingerprint density at radius 2 is 1.95 bits per heavy atom. The van der Waals surface area contributed by atoms with E-state index in [-0.39, 0.29) is 17.9 Å². The molecule has 1 aromatic carbocycles. The zero-order valence-corrected chi connectivity index (χ0v) is 13.4. The fourth-order valence-corrected chi connectivity index (χ4v) is 2.02. The summed E-state index contributed by atoms with van der Waals surface area (Å²) in [5.74, 6) is 0.169. The summed E-state index contributed by atoms with van der Waals surface area (Å²) >= 11 is 0. The molecule has 2 N–H and O–H groups in total. The van der Waals surface area contributed by atoms with Crippen molar-refractivity contribution in [2.75, 3.05) is 6.54 Å². The molecule has 0 fully saturated rings. The molecule has 22 heavy (non-hydrogen) atoms. The molecule has 1 unspecified atom stereocenters. The molecule has 1 amide bonds. The van der Waals surface area contributed by atoms with Crippen LogP contribution in [0.4, 0.5) is 0 Å². The first kappa shape index (κ1) is 16.2. The molecule has 0 aliphatic rings. The van der Waals surface area contributed by atoms with E-state index in [1.807, 2.05) is 51.1 Å². The van der Waals surface area contributed by atoms with Gasteiger partial charge in [0.2, 0.25) is 0 Å². The van der Waals surface area contributed by atoms with Crippen LogP contribution >= 0.6 is 0 Å². The summed E-state index contributed by atoms with van der Waals surface area (Å²) in [5.41, 5.74) is 1.45. The van der Waals surface area contributed by atoms with E-state index < -0.39 is 6.10 Å². The van der Waals surface area contributed by atoms with Crippen LogP contribution in [0.25, 0.3) is 11.3 Å². The highest BCUT2D eigenvalue weighted by molar-refractivity contribution is 6.00. The lowest BCUT2D eigenvalue weighted by Gasteiger charge is -2.25. The normalized spacial score (nSPS) is 13.0. The maximum atomic E-state index is 12.4. The van der Waals surface area contributed by atoms with Gasteiger partial charge in [0.25, 0.3) is 5.91 Å². The molecule has 1 heterocycles. The molecule has 2 aromatic rings. The number of benzene rings is 1. The number of carbonyl (C=O) groups excluding carboxylic acids is 1. The van der Waals surface area contributed by atoms with Crippen molar-refractivity contribution in [1.29, 1.82) is 0 Å². The van der Waals surface area contributed by atoms with Gasteiger partial charge in [0.15, 0.2) is 0 Å². The maximum Gasteiger partial charge on any atom is 0.257 e. The van der Waals surface area contributed by atoms with Gasteiger partial charge in [-0.2, -0.15) is 0 Å². The van der Waals surface area contributed by atoms with Crippen LogP contribution in [-0.2, 0) is 0 Å². The number of rotatable bonds is 4. The summed E-state index contributed by atoms with van der Waals surface area (Å²) in [4.78, 5) is 12.4. The molecule has 0 spiro atoms. The minimum atomic E-state index is -0.628. The number of aliphatic hydroxyl groups excluding tert-OH is 1. The van der Waals surface area contributed by atoms with Crippen molar-refractivity contribution >= 4 is 5.91 Å². The van der Waals surface area contributed by atoms with Gasteiger partial charge in [0.05, 0.1) is 6.10 Å². The summed E-state index contributed by atoms with van der Waals surface area (Å²) in [6.07, 6.45) is -0.628. The van der Waals surface area contributed by atoms with E-state index in [1.165, 1.54) is 0 Å². The van der Waals surface area contributed by atoms with E-state index in [0.717, 1.165) is 5.56 Å². The SMILES string of the molecule is Cc1onc(-c2ccccc2)c1C(=O)NCC(O)C(C)(C)C. The lowest BCUT2D eigenvalue weighted by atomic mass is 9.89. The standard InChI is InChI=1S/C17H22N2O3/c1-11-14(16(21)18-10-13(20)17(2,3)4)15(19-22-11)12-8-6-5-7-9-12/h5-9,13,20H,10H2,1-4H3,(H,18,21). The fourth-order valence-electron chi connectivity index (χ4n) is 2.02. The number of carbonyl (C=O) groups is 1. The Morgan fingerprint density at radius 1 is 1.32 bits per heavy atom. The second-order valence-corrected chi connectivity index (χ2v) is 6.42. The maximum absolute atomic E-state index is 12.4. The zero-order valence-electron chi connectivity index (χ0n) is 13.4. The minimum Gasteiger partial charge on any atom is -0.391 e. The van der Waals surface area contributed by atoms with E-state index in [9.17, 15) is 9.90 Å². The molecule has 0 aliphatic heterocycles. The van der Waals surface area contributed by atoms with Gasteiger partial charge in [0, 0.05) is 12.1 Å². The molecule has 118 valence electrons. The highest BCUT2D eigenvalue weighted by atomic mass is 16.5. The quantitative estimate of drug-likeness (QED) is 0.910. The average Bonchev–Trinajstić information content (AvgIpc) is 2.86. The van der Waals surface area contributed by atoms with Gasteiger partial charge < -0.3 is 14.9 Å². The molecule has 0 bridgehead atoms. The summed E-state index contributed by atoms with van der Waals surface area (Å²) in [7, 11) is 0. The molecule has 2 rings (SSSR count). The number of amides is 1. The molecule has 0 saturated heterocycles. The lowest BCUT2D eigenvalue weighted by Crippen LogP contribution is -2.39. The van der Waals surface area contributed by atoms with Crippen LogP contribution in [0, 0.1) is 12.3 Å². The molecule has 1 atom stereocenters. The molecule has 5 nitrogen and oxygen atoms in total. The number of aromatic nitrogens is 1. The van der Waals surface area contributed by atoms with Crippen LogP contribution in [-0.4, -0.2) is 28.8 Å². The summed E-state index contributed by atoms with van der Waals surface area (Å²) < 4.78 is 5.17. The van der Waals surface area contributed by atoms with Gasteiger partial charge in [-0.1, -0.05) is 56.3 Å². The highest BCUT2D eigenvalue weighted by Gasteiger charge is 2.25. The second kappa shape index (κ2) is 6.32. The van der Waals surface area contributed by atoms with Gasteiger partial charge in [-0.3, -0.25) is 4.79 Å². The fraction of sp³-hybridized carbons (Fsp3) is 0.412. The van der Waals surface area contributed by atoms with Gasteiger partial charge in [0.1, 0.15) is 17.0 Å². The summed E-state index contributed by atoms with van der Waals surface area (Å²) in [5, 5.41) is 16.8. The van der Waals surface area contributed by atoms with Gasteiger partial charge in [-0.25, -0.2) is 0 Å². The number of nitrogens with zero attached hydrogens (tertiary/aromatic N) is 1. The number of aliphatic hydroxyl groups is 1. The van der Waals surface area contributed by atoms with Crippen molar-refractivity contribution in [3.63, 3.8) is 0 Å². The third-order valence-corrected chi connectivity index (χ3v) is 3.59. The first-order valence-corrected chi connectivity index (χ1v) is 7.28. The molecule has 5 heteroatoms. The van der Waals surface area contributed by atoms with Crippen LogP contribution in [0.15, 0.2) is 34.9 Å². The third kappa shape index (κ3) is 3.54. The summed E-state index contributed by atoms with van der Waals surface area (Å²) in [6.45, 7) is 7.65. The van der Waals surface area contributed by atoms with E-state index in [1.54, 1.807) is 6.92 Å². The van der Waals surface area contributed by atoms with Gasteiger partial charge in [-0.15, -0.1) is 0 Å². The molecule has 0 radical (unpaired) electrons. The number of nitrogens with one attached hydrogen (secondary N) is 1. The van der Waals surface area contributed by atoms with Crippen LogP contribution in [0.1, 0.15) is 36.9 Å². The van der Waals surface area contributed by atoms with Crippen LogP contribution in [0.2, 0.25) is 0 Å². The predicted molar refractivity (Wildman–Crippen MR) is 84.5 cm³/mol. The first-order valence-electron chi connectivity index (χ1n) is 7.28. The van der Waals surface area contributed by atoms with Crippen LogP contribution in [0.3, 0.4) is 0 Å². The molecular weight excluding hydrogens is 280 g/mol. The molecular formula is C17H22N2O3. The van der Waals surface area contributed by atoms with Crippen molar-refractivity contribution in [2.24, 2.45) is 5.41 Å². The predicted octanol–water partition coefficient (Wildman–Crippen LogP) is 2.79. The zero-order chi connectivity index (χ0) is 16.3. The van der Waals surface area contributed by atoms with Crippen molar-refractivity contribution in [3.05, 3.63) is 41.7 Å². The van der Waals surface area contributed by atoms with Crippen LogP contribution < -0.4 is 5.32 Å². The van der Waals surface area contributed by atoms with Crippen molar-refractivity contribution in [1.82, 2.24) is 10.5 Å². The number of hydrogen-bond acceptors (Lipinski definition) is 4. The smallest absolute Gasteiger partial charge is 0.257 e. The lowest BCUT2D eigenvalue weighted by molar-refractivity contribution is 0.0586. The Morgan fingerprint density at radius 3 is 2.55 bits per heavy atom. The number of hydrogen-bond donors (Lipinski definition) is 2.